The quantitative estimate of drug-likeness (QED) is 0.790. The van der Waals surface area contributed by atoms with Gasteiger partial charge in [0.2, 0.25) is 0 Å². The second-order valence-electron chi connectivity index (χ2n) is 5.90. The topological polar surface area (TPSA) is 85.2 Å². The van der Waals surface area contributed by atoms with E-state index in [1.165, 1.54) is 0 Å². The molecule has 0 heterocycles. The van der Waals surface area contributed by atoms with E-state index in [2.05, 4.69) is 16.7 Å². The Labute approximate surface area is 125 Å². The predicted molar refractivity (Wildman–Crippen MR) is 79.4 cm³/mol. The minimum Gasteiger partial charge on any atom is -0.396 e. The van der Waals surface area contributed by atoms with Crippen LogP contribution in [0.1, 0.15) is 37.3 Å². The lowest BCUT2D eigenvalue weighted by Gasteiger charge is -2.30. The maximum atomic E-state index is 12.0. The van der Waals surface area contributed by atoms with Crippen molar-refractivity contribution < 1.29 is 9.90 Å². The number of aliphatic hydroxyl groups excluding tert-OH is 1. The molecule has 112 valence electrons. The van der Waals surface area contributed by atoms with E-state index in [0.717, 1.165) is 24.8 Å². The van der Waals surface area contributed by atoms with Gasteiger partial charge in [-0.05, 0) is 30.5 Å². The van der Waals surface area contributed by atoms with Crippen molar-refractivity contribution in [3.05, 3.63) is 35.4 Å². The first-order chi connectivity index (χ1) is 10.1. The first-order valence-corrected chi connectivity index (χ1v) is 7.22. The lowest BCUT2D eigenvalue weighted by molar-refractivity contribution is 0.121. The van der Waals surface area contributed by atoms with Gasteiger partial charge in [0.05, 0.1) is 18.2 Å². The van der Waals surface area contributed by atoms with E-state index in [-0.39, 0.29) is 24.1 Å². The highest BCUT2D eigenvalue weighted by Crippen LogP contribution is 2.37. The highest BCUT2D eigenvalue weighted by molar-refractivity contribution is 5.74. The van der Waals surface area contributed by atoms with Gasteiger partial charge >= 0.3 is 6.03 Å². The van der Waals surface area contributed by atoms with Crippen LogP contribution in [-0.2, 0) is 6.54 Å². The molecule has 0 radical (unpaired) electrons. The zero-order chi connectivity index (χ0) is 15.3. The van der Waals surface area contributed by atoms with Crippen LogP contribution in [0.3, 0.4) is 0 Å². The molecule has 0 bridgehead atoms. The van der Waals surface area contributed by atoms with Crippen molar-refractivity contribution in [2.45, 2.75) is 38.8 Å². The number of nitriles is 1. The molecule has 2 atom stereocenters. The normalized spacial score (nSPS) is 24.3. The number of benzene rings is 1. The van der Waals surface area contributed by atoms with E-state index in [0.29, 0.717) is 12.1 Å². The zero-order valence-electron chi connectivity index (χ0n) is 12.2. The van der Waals surface area contributed by atoms with Crippen molar-refractivity contribution in [3.63, 3.8) is 0 Å². The van der Waals surface area contributed by atoms with Gasteiger partial charge in [-0.1, -0.05) is 25.5 Å². The molecular formula is C16H21N3O2. The molecule has 2 rings (SSSR count). The average Bonchev–Trinajstić information content (AvgIpc) is 2.87. The third-order valence-corrected chi connectivity index (χ3v) is 4.26. The summed E-state index contributed by atoms with van der Waals surface area (Å²) in [5.41, 5.74) is 1.25. The Kier molecular flexibility index (Phi) is 4.81. The summed E-state index contributed by atoms with van der Waals surface area (Å²) in [7, 11) is 0. The van der Waals surface area contributed by atoms with Crippen molar-refractivity contribution in [1.82, 2.24) is 10.6 Å². The fourth-order valence-electron chi connectivity index (χ4n) is 2.81. The second kappa shape index (κ2) is 6.59. The van der Waals surface area contributed by atoms with Crippen molar-refractivity contribution >= 4 is 6.03 Å². The van der Waals surface area contributed by atoms with Crippen LogP contribution < -0.4 is 10.6 Å². The zero-order valence-corrected chi connectivity index (χ0v) is 12.2. The minimum absolute atomic E-state index is 0.00735. The smallest absolute Gasteiger partial charge is 0.315 e. The van der Waals surface area contributed by atoms with Gasteiger partial charge in [-0.2, -0.15) is 5.26 Å². The Balaban J connectivity index is 1.86. The van der Waals surface area contributed by atoms with E-state index in [1.54, 1.807) is 18.2 Å². The van der Waals surface area contributed by atoms with Crippen LogP contribution in [0.5, 0.6) is 0 Å². The van der Waals surface area contributed by atoms with Gasteiger partial charge in [-0.3, -0.25) is 0 Å². The summed E-state index contributed by atoms with van der Waals surface area (Å²) >= 11 is 0. The predicted octanol–water partition coefficient (Wildman–Crippen LogP) is 1.91. The van der Waals surface area contributed by atoms with E-state index < -0.39 is 0 Å². The average molecular weight is 287 g/mol. The largest absolute Gasteiger partial charge is 0.396 e. The van der Waals surface area contributed by atoms with E-state index >= 15 is 0 Å². The SMILES string of the molecule is CC1(CO)CCCC1NC(=O)NCc1cccc(C#N)c1. The third-order valence-electron chi connectivity index (χ3n) is 4.26. The second-order valence-corrected chi connectivity index (χ2v) is 5.90. The van der Waals surface area contributed by atoms with Gasteiger partial charge in [0, 0.05) is 18.0 Å². The molecule has 2 amide bonds. The molecule has 2 unspecified atom stereocenters. The van der Waals surface area contributed by atoms with Gasteiger partial charge in [0.1, 0.15) is 0 Å². The van der Waals surface area contributed by atoms with Crippen LogP contribution >= 0.6 is 0 Å². The minimum atomic E-state index is -0.232. The van der Waals surface area contributed by atoms with Gasteiger partial charge < -0.3 is 15.7 Å². The van der Waals surface area contributed by atoms with Crippen molar-refractivity contribution in [2.75, 3.05) is 6.61 Å². The van der Waals surface area contributed by atoms with E-state index in [1.807, 2.05) is 13.0 Å². The summed E-state index contributed by atoms with van der Waals surface area (Å²) in [6.07, 6.45) is 2.85. The highest BCUT2D eigenvalue weighted by Gasteiger charge is 2.38. The summed E-state index contributed by atoms with van der Waals surface area (Å²) in [4.78, 5) is 12.0. The molecule has 5 nitrogen and oxygen atoms in total. The fraction of sp³-hybridized carbons (Fsp3) is 0.500. The first-order valence-electron chi connectivity index (χ1n) is 7.22. The number of aliphatic hydroxyl groups is 1. The molecular weight excluding hydrogens is 266 g/mol. The summed E-state index contributed by atoms with van der Waals surface area (Å²) in [5, 5.41) is 24.1. The Morgan fingerprint density at radius 1 is 1.57 bits per heavy atom. The molecule has 0 spiro atoms. The van der Waals surface area contributed by atoms with E-state index in [9.17, 15) is 9.90 Å². The standard InChI is InChI=1S/C16H21N3O2/c1-16(11-20)7-3-6-14(16)19-15(21)18-10-13-5-2-4-12(8-13)9-17/h2,4-5,8,14,20H,3,6-7,10-11H2,1H3,(H2,18,19,21). The fourth-order valence-corrected chi connectivity index (χ4v) is 2.81. The van der Waals surface area contributed by atoms with Crippen LogP contribution in [0.15, 0.2) is 24.3 Å². The molecule has 21 heavy (non-hydrogen) atoms. The number of hydrogen-bond donors (Lipinski definition) is 3. The van der Waals surface area contributed by atoms with Crippen LogP contribution in [0, 0.1) is 16.7 Å². The molecule has 0 aliphatic heterocycles. The number of rotatable bonds is 4. The summed E-state index contributed by atoms with van der Waals surface area (Å²) in [6, 6.07) is 9.01. The molecule has 0 saturated heterocycles. The van der Waals surface area contributed by atoms with Crippen LogP contribution in [-0.4, -0.2) is 23.8 Å². The molecule has 1 aliphatic carbocycles. The molecule has 1 fully saturated rings. The van der Waals surface area contributed by atoms with Crippen LogP contribution in [0.25, 0.3) is 0 Å². The number of nitrogens with one attached hydrogen (secondary N) is 2. The highest BCUT2D eigenvalue weighted by atomic mass is 16.3. The van der Waals surface area contributed by atoms with Crippen LogP contribution in [0.2, 0.25) is 0 Å². The number of hydrogen-bond acceptors (Lipinski definition) is 3. The van der Waals surface area contributed by atoms with Crippen molar-refractivity contribution in [2.24, 2.45) is 5.41 Å². The number of amides is 2. The number of carbonyl (C=O) groups excluding carboxylic acids is 1. The molecule has 1 saturated carbocycles. The molecule has 5 heteroatoms. The van der Waals surface area contributed by atoms with Crippen LogP contribution in [0.4, 0.5) is 4.79 Å². The lowest BCUT2D eigenvalue weighted by atomic mass is 9.86. The van der Waals surface area contributed by atoms with Gasteiger partial charge in [0.15, 0.2) is 0 Å². The molecule has 3 N–H and O–H groups in total. The summed E-state index contributed by atoms with van der Waals surface area (Å²) in [6.45, 7) is 2.47. The summed E-state index contributed by atoms with van der Waals surface area (Å²) < 4.78 is 0. The Hall–Kier alpha value is -2.06. The Morgan fingerprint density at radius 3 is 3.10 bits per heavy atom. The first kappa shape index (κ1) is 15.3. The van der Waals surface area contributed by atoms with Gasteiger partial charge in [0.25, 0.3) is 0 Å². The van der Waals surface area contributed by atoms with Gasteiger partial charge in [-0.25, -0.2) is 4.79 Å². The summed E-state index contributed by atoms with van der Waals surface area (Å²) in [5.74, 6) is 0. The maximum Gasteiger partial charge on any atom is 0.315 e. The van der Waals surface area contributed by atoms with E-state index in [4.69, 9.17) is 5.26 Å². The third kappa shape index (κ3) is 3.73. The Morgan fingerprint density at radius 2 is 2.38 bits per heavy atom. The number of nitrogens with zero attached hydrogens (tertiary/aromatic N) is 1. The maximum absolute atomic E-state index is 12.0. The van der Waals surface area contributed by atoms with Gasteiger partial charge in [-0.15, -0.1) is 0 Å². The monoisotopic (exact) mass is 287 g/mol. The molecule has 1 aromatic carbocycles. The number of carbonyl (C=O) groups is 1. The molecule has 1 aliphatic rings. The Bertz CT molecular complexity index is 553. The van der Waals surface area contributed by atoms with Crippen molar-refractivity contribution in [1.29, 1.82) is 5.26 Å². The molecule has 0 aromatic heterocycles. The molecule has 1 aromatic rings. The number of urea groups is 1. The van der Waals surface area contributed by atoms with Crippen molar-refractivity contribution in [3.8, 4) is 6.07 Å². The lowest BCUT2D eigenvalue weighted by Crippen LogP contribution is -2.48.